The quantitative estimate of drug-likeness (QED) is 0.256. The summed E-state index contributed by atoms with van der Waals surface area (Å²) in [6.45, 7) is 0. The summed E-state index contributed by atoms with van der Waals surface area (Å²) in [5.41, 5.74) is 0.668. The predicted molar refractivity (Wildman–Crippen MR) is 71.2 cm³/mol. The monoisotopic (exact) mass is 491 g/mol. The molecule has 0 unspecified atom stereocenters. The van der Waals surface area contributed by atoms with Gasteiger partial charge in [-0.2, -0.15) is 0 Å². The molecule has 0 fully saturated rings. The van der Waals surface area contributed by atoms with Crippen LogP contribution in [0.4, 0.5) is 0 Å². The second kappa shape index (κ2) is 4.80. The van der Waals surface area contributed by atoms with E-state index >= 15 is 0 Å². The van der Waals surface area contributed by atoms with E-state index in [-0.39, 0.29) is 0 Å². The zero-order valence-electron chi connectivity index (χ0n) is 5.89. The summed E-state index contributed by atoms with van der Waals surface area (Å²) < 4.78 is 4.20. The third-order valence-corrected chi connectivity index (χ3v) is 7.43. The maximum absolute atomic E-state index is 7.12. The molecule has 0 saturated heterocycles. The zero-order valence-corrected chi connectivity index (χ0v) is 13.8. The molecule has 0 bridgehead atoms. The Bertz CT molecular complexity index is 373. The van der Waals surface area contributed by atoms with Crippen LogP contribution in [0.2, 0.25) is 0 Å². The Kier molecular flexibility index (Phi) is 4.52. The van der Waals surface area contributed by atoms with Gasteiger partial charge in [0.05, 0.1) is 5.56 Å². The van der Waals surface area contributed by atoms with Gasteiger partial charge in [0.15, 0.2) is 0 Å². The van der Waals surface area contributed by atoms with Crippen LogP contribution in [0.1, 0.15) is 5.56 Å². The summed E-state index contributed by atoms with van der Waals surface area (Å²) in [5.74, 6) is 2.35. The highest BCUT2D eigenvalue weighted by Crippen LogP contribution is 2.43. The first-order valence-electron chi connectivity index (χ1n) is 2.94. The van der Waals surface area contributed by atoms with Crippen molar-refractivity contribution in [2.75, 3.05) is 0 Å². The van der Waals surface area contributed by atoms with E-state index in [0.717, 1.165) is 22.4 Å². The third kappa shape index (κ3) is 2.23. The van der Waals surface area contributed by atoms with Gasteiger partial charge in [-0.05, 0) is 86.1 Å². The molecule has 0 atom stereocenters. The molecule has 1 aromatic rings. The van der Waals surface area contributed by atoms with Crippen molar-refractivity contribution in [1.29, 1.82) is 0 Å². The van der Waals surface area contributed by atoms with Crippen LogP contribution in [0.25, 0.3) is 0 Å². The van der Waals surface area contributed by atoms with Crippen molar-refractivity contribution in [3.8, 4) is 5.92 Å². The molecule has 0 aliphatic carbocycles. The molecule has 0 aromatic heterocycles. The molecule has 13 heavy (non-hydrogen) atoms. The molecule has 67 valence electrons. The summed E-state index contributed by atoms with van der Waals surface area (Å²) in [7, 11) is 0. The highest BCUT2D eigenvalue weighted by atomic mass is 79.9. The van der Waals surface area contributed by atoms with Crippen molar-refractivity contribution < 1.29 is 0 Å². The third-order valence-electron chi connectivity index (χ3n) is 1.33. The summed E-state index contributed by atoms with van der Waals surface area (Å²) >= 11 is 16.9. The van der Waals surface area contributed by atoms with E-state index < -0.39 is 0 Å². The smallest absolute Gasteiger partial charge is 0.0504 e. The first-order valence-corrected chi connectivity index (χ1v) is 6.91. The molecule has 0 aliphatic rings. The van der Waals surface area contributed by atoms with Crippen molar-refractivity contribution in [2.45, 2.75) is 0 Å². The van der Waals surface area contributed by atoms with Crippen molar-refractivity contribution in [1.82, 2.24) is 0 Å². The largest absolute Gasteiger partial charge is 0.0563 e. The van der Waals surface area contributed by atoms with Crippen LogP contribution in [-0.2, 0) is 0 Å². The lowest BCUT2D eigenvalue weighted by Crippen LogP contribution is -1.86. The van der Waals surface area contributed by atoms with Gasteiger partial charge in [-0.25, -0.2) is 0 Å². The average molecular weight is 496 g/mol. The fourth-order valence-electron chi connectivity index (χ4n) is 0.715. The molecule has 1 radical (unpaired) electrons. The number of halogens is 5. The number of benzene rings is 1. The Hall–Kier alpha value is 1.18. The van der Waals surface area contributed by atoms with Gasteiger partial charge in [-0.15, -0.1) is 0 Å². The highest BCUT2D eigenvalue weighted by Gasteiger charge is 2.15. The summed E-state index contributed by atoms with van der Waals surface area (Å²) in [5, 5.41) is 0. The van der Waals surface area contributed by atoms with E-state index in [4.69, 9.17) is 6.42 Å². The minimum atomic E-state index is 0.668. The molecule has 0 aliphatic heterocycles. The Morgan fingerprint density at radius 1 is 0.692 bits per heavy atom. The predicted octanol–water partition coefficient (Wildman–Crippen LogP) is 5.44. The molecular formula is C8Br5. The second-order valence-corrected chi connectivity index (χ2v) is 6.03. The topological polar surface area (TPSA) is 0 Å². The molecule has 1 aromatic carbocycles. The second-order valence-electron chi connectivity index (χ2n) is 2.07. The minimum absolute atomic E-state index is 0.668. The Labute approximate surface area is 118 Å². The maximum atomic E-state index is 7.12. The molecule has 1 rings (SSSR count). The molecule has 0 amide bonds. The number of hydrogen-bond acceptors (Lipinski definition) is 0. The van der Waals surface area contributed by atoms with Crippen LogP contribution in [0, 0.1) is 12.3 Å². The van der Waals surface area contributed by atoms with Gasteiger partial charge < -0.3 is 0 Å². The first-order chi connectivity index (χ1) is 6.00. The summed E-state index contributed by atoms with van der Waals surface area (Å²) in [6.07, 6.45) is 7.12. The van der Waals surface area contributed by atoms with Crippen LogP contribution in [0.15, 0.2) is 22.4 Å². The normalized spacial score (nSPS) is 9.85. The van der Waals surface area contributed by atoms with Gasteiger partial charge in [-0.3, -0.25) is 0 Å². The molecule has 0 spiro atoms. The van der Waals surface area contributed by atoms with Crippen LogP contribution in [0.5, 0.6) is 0 Å². The summed E-state index contributed by atoms with van der Waals surface area (Å²) in [6, 6.07) is 0. The van der Waals surface area contributed by atoms with Gasteiger partial charge in [0.2, 0.25) is 0 Å². The number of rotatable bonds is 0. The Balaban J connectivity index is 3.69. The van der Waals surface area contributed by atoms with Gasteiger partial charge in [-0.1, -0.05) is 5.92 Å². The zero-order chi connectivity index (χ0) is 10.2. The van der Waals surface area contributed by atoms with Crippen molar-refractivity contribution in [2.24, 2.45) is 0 Å². The molecular weight excluding hydrogens is 496 g/mol. The van der Waals surface area contributed by atoms with Gasteiger partial charge in [0.25, 0.3) is 0 Å². The van der Waals surface area contributed by atoms with Gasteiger partial charge in [0, 0.05) is 22.4 Å². The molecule has 0 saturated carbocycles. The SMILES string of the molecule is [C]#Cc1c(Br)c(Br)c(Br)c(Br)c1Br. The molecule has 5 heteroatoms. The number of hydrogen-bond donors (Lipinski definition) is 0. The first kappa shape index (κ1) is 12.3. The summed E-state index contributed by atoms with van der Waals surface area (Å²) in [4.78, 5) is 0. The molecule has 0 nitrogen and oxygen atoms in total. The van der Waals surface area contributed by atoms with E-state index in [1.165, 1.54) is 0 Å². The van der Waals surface area contributed by atoms with E-state index in [2.05, 4.69) is 85.6 Å². The highest BCUT2D eigenvalue weighted by molar-refractivity contribution is 9.15. The van der Waals surface area contributed by atoms with Crippen molar-refractivity contribution in [3.63, 3.8) is 0 Å². The fourth-order valence-corrected chi connectivity index (χ4v) is 3.96. The standard InChI is InChI=1S/C8Br5/c1-2-3-4(9)6(11)8(13)7(12)5(3)10. The lowest BCUT2D eigenvalue weighted by atomic mass is 10.2. The van der Waals surface area contributed by atoms with Gasteiger partial charge in [0.1, 0.15) is 0 Å². The van der Waals surface area contributed by atoms with Gasteiger partial charge >= 0.3 is 0 Å². The van der Waals surface area contributed by atoms with E-state index in [0.29, 0.717) is 5.56 Å². The lowest BCUT2D eigenvalue weighted by molar-refractivity contribution is 1.42. The van der Waals surface area contributed by atoms with Crippen LogP contribution >= 0.6 is 79.6 Å². The van der Waals surface area contributed by atoms with Crippen LogP contribution < -0.4 is 0 Å². The lowest BCUT2D eigenvalue weighted by Gasteiger charge is -2.08. The van der Waals surface area contributed by atoms with E-state index in [1.54, 1.807) is 0 Å². The van der Waals surface area contributed by atoms with Crippen molar-refractivity contribution in [3.05, 3.63) is 34.4 Å². The fraction of sp³-hybridized carbons (Fsp3) is 0. The Morgan fingerprint density at radius 3 is 1.31 bits per heavy atom. The van der Waals surface area contributed by atoms with E-state index in [9.17, 15) is 0 Å². The van der Waals surface area contributed by atoms with Crippen molar-refractivity contribution >= 4 is 79.6 Å². The van der Waals surface area contributed by atoms with Crippen LogP contribution in [0.3, 0.4) is 0 Å². The maximum Gasteiger partial charge on any atom is 0.0563 e. The van der Waals surface area contributed by atoms with E-state index in [1.807, 2.05) is 0 Å². The average Bonchev–Trinajstić information content (AvgIpc) is 2.13. The minimum Gasteiger partial charge on any atom is -0.0504 e. The molecule has 0 N–H and O–H groups in total. The Morgan fingerprint density at radius 2 is 1.00 bits per heavy atom. The van der Waals surface area contributed by atoms with Crippen LogP contribution in [-0.4, -0.2) is 0 Å². The molecule has 0 heterocycles.